The predicted octanol–water partition coefficient (Wildman–Crippen LogP) is 3.26. The van der Waals surface area contributed by atoms with Gasteiger partial charge in [0, 0.05) is 17.3 Å². The molecular formula is C16H19NO3. The number of hydrogen-bond acceptors (Lipinski definition) is 4. The second kappa shape index (κ2) is 6.70. The van der Waals surface area contributed by atoms with Crippen LogP contribution in [0, 0.1) is 0 Å². The topological polar surface area (TPSA) is 53.7 Å². The molecule has 0 saturated heterocycles. The molecular weight excluding hydrogens is 254 g/mol. The van der Waals surface area contributed by atoms with E-state index in [1.165, 1.54) is 0 Å². The molecule has 0 heterocycles. The van der Waals surface area contributed by atoms with Gasteiger partial charge in [-0.25, -0.2) is 0 Å². The molecule has 0 atom stereocenters. The summed E-state index contributed by atoms with van der Waals surface area (Å²) in [7, 11) is 1.62. The van der Waals surface area contributed by atoms with Crippen LogP contribution in [-0.2, 0) is 6.61 Å². The van der Waals surface area contributed by atoms with E-state index in [2.05, 4.69) is 0 Å². The van der Waals surface area contributed by atoms with Gasteiger partial charge in [-0.15, -0.1) is 0 Å². The molecule has 4 heteroatoms. The smallest absolute Gasteiger partial charge is 0.161 e. The first-order valence-electron chi connectivity index (χ1n) is 6.51. The summed E-state index contributed by atoms with van der Waals surface area (Å²) in [6.07, 6.45) is 0. The van der Waals surface area contributed by atoms with Gasteiger partial charge in [0.2, 0.25) is 0 Å². The highest BCUT2D eigenvalue weighted by Crippen LogP contribution is 2.29. The molecule has 20 heavy (non-hydrogen) atoms. The number of benzene rings is 2. The lowest BCUT2D eigenvalue weighted by molar-refractivity contribution is 0.265. The van der Waals surface area contributed by atoms with Crippen molar-refractivity contribution in [2.45, 2.75) is 13.5 Å². The van der Waals surface area contributed by atoms with Gasteiger partial charge in [-0.05, 0) is 31.2 Å². The van der Waals surface area contributed by atoms with Crippen molar-refractivity contribution < 1.29 is 14.2 Å². The van der Waals surface area contributed by atoms with Gasteiger partial charge in [0.05, 0.1) is 13.7 Å². The molecule has 0 unspecified atom stereocenters. The standard InChI is InChI=1S/C16H19NO3/c1-3-19-14-6-4-5-7-15(14)20-11-12-8-9-13(17)10-16(12)18-2/h4-10H,3,11,17H2,1-2H3. The van der Waals surface area contributed by atoms with Crippen LogP contribution in [0.2, 0.25) is 0 Å². The van der Waals surface area contributed by atoms with Crippen molar-refractivity contribution >= 4 is 5.69 Å². The third kappa shape index (κ3) is 3.35. The van der Waals surface area contributed by atoms with Gasteiger partial charge in [0.25, 0.3) is 0 Å². The molecule has 4 nitrogen and oxygen atoms in total. The summed E-state index contributed by atoms with van der Waals surface area (Å²) in [6, 6.07) is 13.1. The molecule has 2 aromatic carbocycles. The number of para-hydroxylation sites is 2. The van der Waals surface area contributed by atoms with E-state index in [-0.39, 0.29) is 0 Å². The maximum Gasteiger partial charge on any atom is 0.161 e. The van der Waals surface area contributed by atoms with E-state index >= 15 is 0 Å². The van der Waals surface area contributed by atoms with Crippen molar-refractivity contribution in [2.75, 3.05) is 19.5 Å². The average Bonchev–Trinajstić information content (AvgIpc) is 2.47. The maximum absolute atomic E-state index is 5.81. The number of anilines is 1. The van der Waals surface area contributed by atoms with E-state index in [1.54, 1.807) is 13.2 Å². The van der Waals surface area contributed by atoms with E-state index in [4.69, 9.17) is 19.9 Å². The Morgan fingerprint density at radius 1 is 0.950 bits per heavy atom. The number of ether oxygens (including phenoxy) is 3. The zero-order chi connectivity index (χ0) is 14.4. The van der Waals surface area contributed by atoms with Crippen molar-refractivity contribution in [3.8, 4) is 17.2 Å². The summed E-state index contributed by atoms with van der Waals surface area (Å²) in [5, 5.41) is 0. The molecule has 0 bridgehead atoms. The van der Waals surface area contributed by atoms with Crippen LogP contribution in [-0.4, -0.2) is 13.7 Å². The van der Waals surface area contributed by atoms with Crippen LogP contribution in [0.5, 0.6) is 17.2 Å². The minimum absolute atomic E-state index is 0.396. The fraction of sp³-hybridized carbons (Fsp3) is 0.250. The molecule has 0 saturated carbocycles. The van der Waals surface area contributed by atoms with Crippen molar-refractivity contribution in [3.05, 3.63) is 48.0 Å². The van der Waals surface area contributed by atoms with Gasteiger partial charge in [0.15, 0.2) is 11.5 Å². The summed E-state index contributed by atoms with van der Waals surface area (Å²) in [6.45, 7) is 2.94. The van der Waals surface area contributed by atoms with E-state index < -0.39 is 0 Å². The summed E-state index contributed by atoms with van der Waals surface area (Å²) in [5.74, 6) is 2.18. The second-order valence-corrected chi connectivity index (χ2v) is 4.24. The molecule has 106 valence electrons. The minimum Gasteiger partial charge on any atom is -0.496 e. The van der Waals surface area contributed by atoms with E-state index in [0.717, 1.165) is 17.1 Å². The van der Waals surface area contributed by atoms with Crippen LogP contribution in [0.25, 0.3) is 0 Å². The lowest BCUT2D eigenvalue weighted by Gasteiger charge is -2.13. The average molecular weight is 273 g/mol. The van der Waals surface area contributed by atoms with Crippen LogP contribution in [0.1, 0.15) is 12.5 Å². The highest BCUT2D eigenvalue weighted by Gasteiger charge is 2.07. The zero-order valence-corrected chi connectivity index (χ0v) is 11.8. The Kier molecular flexibility index (Phi) is 4.71. The molecule has 0 spiro atoms. The lowest BCUT2D eigenvalue weighted by atomic mass is 10.2. The lowest BCUT2D eigenvalue weighted by Crippen LogP contribution is -2.01. The Morgan fingerprint density at radius 3 is 2.30 bits per heavy atom. The molecule has 2 N–H and O–H groups in total. The van der Waals surface area contributed by atoms with Crippen LogP contribution in [0.3, 0.4) is 0 Å². The highest BCUT2D eigenvalue weighted by atomic mass is 16.5. The van der Waals surface area contributed by atoms with Gasteiger partial charge in [-0.2, -0.15) is 0 Å². The Balaban J connectivity index is 2.13. The quantitative estimate of drug-likeness (QED) is 0.821. The third-order valence-corrected chi connectivity index (χ3v) is 2.84. The summed E-state index contributed by atoms with van der Waals surface area (Å²) >= 11 is 0. The Labute approximate surface area is 119 Å². The van der Waals surface area contributed by atoms with Crippen LogP contribution < -0.4 is 19.9 Å². The number of nitrogen functional groups attached to an aromatic ring is 1. The molecule has 0 amide bonds. The monoisotopic (exact) mass is 273 g/mol. The largest absolute Gasteiger partial charge is 0.496 e. The van der Waals surface area contributed by atoms with Gasteiger partial charge in [0.1, 0.15) is 12.4 Å². The Bertz CT molecular complexity index is 569. The molecule has 0 aliphatic heterocycles. The summed E-state index contributed by atoms with van der Waals surface area (Å²) in [5.41, 5.74) is 7.34. The van der Waals surface area contributed by atoms with Crippen LogP contribution in [0.15, 0.2) is 42.5 Å². The van der Waals surface area contributed by atoms with E-state index in [0.29, 0.717) is 24.7 Å². The second-order valence-electron chi connectivity index (χ2n) is 4.24. The fourth-order valence-corrected chi connectivity index (χ4v) is 1.88. The van der Waals surface area contributed by atoms with Crippen LogP contribution >= 0.6 is 0 Å². The normalized spacial score (nSPS) is 10.1. The summed E-state index contributed by atoms with van der Waals surface area (Å²) < 4.78 is 16.6. The first-order chi connectivity index (χ1) is 9.74. The van der Waals surface area contributed by atoms with Gasteiger partial charge < -0.3 is 19.9 Å². The number of methoxy groups -OCH3 is 1. The number of rotatable bonds is 6. The molecule has 2 aromatic rings. The van der Waals surface area contributed by atoms with Crippen molar-refractivity contribution in [2.24, 2.45) is 0 Å². The van der Waals surface area contributed by atoms with Gasteiger partial charge in [-0.3, -0.25) is 0 Å². The SMILES string of the molecule is CCOc1ccccc1OCc1ccc(N)cc1OC. The predicted molar refractivity (Wildman–Crippen MR) is 79.3 cm³/mol. The Hall–Kier alpha value is -2.36. The molecule has 2 rings (SSSR count). The minimum atomic E-state index is 0.396. The van der Waals surface area contributed by atoms with E-state index in [1.807, 2.05) is 43.3 Å². The first kappa shape index (κ1) is 14.1. The summed E-state index contributed by atoms with van der Waals surface area (Å²) in [4.78, 5) is 0. The maximum atomic E-state index is 5.81. The molecule has 0 aromatic heterocycles. The molecule has 0 aliphatic carbocycles. The van der Waals surface area contributed by atoms with E-state index in [9.17, 15) is 0 Å². The Morgan fingerprint density at radius 2 is 1.65 bits per heavy atom. The number of hydrogen-bond donors (Lipinski definition) is 1. The van der Waals surface area contributed by atoms with Gasteiger partial charge >= 0.3 is 0 Å². The van der Waals surface area contributed by atoms with Gasteiger partial charge in [-0.1, -0.05) is 12.1 Å². The third-order valence-electron chi connectivity index (χ3n) is 2.84. The van der Waals surface area contributed by atoms with Crippen molar-refractivity contribution in [3.63, 3.8) is 0 Å². The molecule has 0 fully saturated rings. The number of nitrogens with two attached hydrogens (primary N) is 1. The first-order valence-corrected chi connectivity index (χ1v) is 6.51. The highest BCUT2D eigenvalue weighted by molar-refractivity contribution is 5.48. The molecule has 0 aliphatic rings. The zero-order valence-electron chi connectivity index (χ0n) is 11.8. The van der Waals surface area contributed by atoms with Crippen LogP contribution in [0.4, 0.5) is 5.69 Å². The van der Waals surface area contributed by atoms with Crippen molar-refractivity contribution in [1.29, 1.82) is 0 Å². The molecule has 0 radical (unpaired) electrons. The van der Waals surface area contributed by atoms with Crippen molar-refractivity contribution in [1.82, 2.24) is 0 Å². The fourth-order valence-electron chi connectivity index (χ4n) is 1.88.